The predicted molar refractivity (Wildman–Crippen MR) is 112 cm³/mol. The van der Waals surface area contributed by atoms with Crippen LogP contribution in [0.15, 0.2) is 48.5 Å². The molecule has 1 aliphatic carbocycles. The number of hydrogen-bond donors (Lipinski definition) is 4. The molecule has 4 amide bonds. The number of urea groups is 2. The molecule has 2 aromatic rings. The van der Waals surface area contributed by atoms with Gasteiger partial charge in [-0.15, -0.1) is 0 Å². The van der Waals surface area contributed by atoms with Crippen LogP contribution in [0.2, 0.25) is 0 Å². The first-order valence-corrected chi connectivity index (χ1v) is 10.1. The van der Waals surface area contributed by atoms with Crippen molar-refractivity contribution in [3.8, 4) is 0 Å². The molecule has 0 heterocycles. The highest BCUT2D eigenvalue weighted by molar-refractivity contribution is 5.89. The zero-order valence-electron chi connectivity index (χ0n) is 16.6. The maximum absolute atomic E-state index is 13.6. The maximum Gasteiger partial charge on any atom is 0.319 e. The van der Waals surface area contributed by atoms with Gasteiger partial charge in [0.1, 0.15) is 11.6 Å². The molecule has 0 saturated heterocycles. The summed E-state index contributed by atoms with van der Waals surface area (Å²) in [6.45, 7) is 0.969. The van der Waals surface area contributed by atoms with Crippen molar-refractivity contribution in [2.75, 3.05) is 23.7 Å². The number of carbonyl (C=O) groups excluding carboxylic acids is 2. The SMILES string of the molecule is O=C(NCC1CCCC(CNC(=O)Nc2ccccc2F)C1)Nc1ccccc1F. The number of benzene rings is 2. The van der Waals surface area contributed by atoms with E-state index in [1.807, 2.05) is 0 Å². The first kappa shape index (κ1) is 21.5. The van der Waals surface area contributed by atoms with E-state index >= 15 is 0 Å². The van der Waals surface area contributed by atoms with Gasteiger partial charge in [-0.25, -0.2) is 18.4 Å². The molecule has 160 valence electrons. The monoisotopic (exact) mass is 416 g/mol. The van der Waals surface area contributed by atoms with Gasteiger partial charge in [-0.05, 0) is 55.4 Å². The molecule has 1 fully saturated rings. The predicted octanol–water partition coefficient (Wildman–Crippen LogP) is 4.71. The first-order valence-electron chi connectivity index (χ1n) is 10.1. The lowest BCUT2D eigenvalue weighted by Crippen LogP contribution is -2.38. The minimum absolute atomic E-state index is 0.140. The molecule has 2 atom stereocenters. The van der Waals surface area contributed by atoms with Crippen molar-refractivity contribution in [2.45, 2.75) is 25.7 Å². The van der Waals surface area contributed by atoms with Gasteiger partial charge >= 0.3 is 12.1 Å². The lowest BCUT2D eigenvalue weighted by atomic mass is 9.81. The van der Waals surface area contributed by atoms with E-state index in [1.54, 1.807) is 24.3 Å². The Morgan fingerprint density at radius 1 is 0.767 bits per heavy atom. The van der Waals surface area contributed by atoms with E-state index in [-0.39, 0.29) is 23.2 Å². The summed E-state index contributed by atoms with van der Waals surface area (Å²) in [5.74, 6) is -0.395. The largest absolute Gasteiger partial charge is 0.338 e. The Kier molecular flexibility index (Phi) is 7.59. The van der Waals surface area contributed by atoms with E-state index in [2.05, 4.69) is 21.3 Å². The Labute approximate surface area is 174 Å². The van der Waals surface area contributed by atoms with Gasteiger partial charge in [0.25, 0.3) is 0 Å². The van der Waals surface area contributed by atoms with Crippen molar-refractivity contribution in [1.82, 2.24) is 10.6 Å². The third-order valence-corrected chi connectivity index (χ3v) is 5.24. The number of amides is 4. The van der Waals surface area contributed by atoms with Gasteiger partial charge in [-0.1, -0.05) is 30.7 Å². The second-order valence-electron chi connectivity index (χ2n) is 7.53. The summed E-state index contributed by atoms with van der Waals surface area (Å²) >= 11 is 0. The summed E-state index contributed by atoms with van der Waals surface area (Å²) in [5, 5.41) is 10.6. The summed E-state index contributed by atoms with van der Waals surface area (Å²) in [7, 11) is 0. The van der Waals surface area contributed by atoms with Crippen LogP contribution in [-0.4, -0.2) is 25.2 Å². The summed E-state index contributed by atoms with van der Waals surface area (Å²) in [6.07, 6.45) is 3.83. The third kappa shape index (κ3) is 6.43. The molecular weight excluding hydrogens is 390 g/mol. The standard InChI is InChI=1S/C22H26F2N4O2/c23-17-8-1-3-10-19(17)27-21(29)25-13-15-6-5-7-16(12-15)14-26-22(30)28-20-11-4-2-9-18(20)24/h1-4,8-11,15-16H,5-7,12-14H2,(H2,25,27,29)(H2,26,28,30). The molecule has 6 nitrogen and oxygen atoms in total. The second kappa shape index (κ2) is 10.6. The molecule has 0 radical (unpaired) electrons. The summed E-state index contributed by atoms with van der Waals surface area (Å²) in [4.78, 5) is 24.0. The Hall–Kier alpha value is -3.16. The number of halogens is 2. The van der Waals surface area contributed by atoms with Crippen LogP contribution in [0, 0.1) is 23.5 Å². The molecule has 2 unspecified atom stereocenters. The van der Waals surface area contributed by atoms with Crippen molar-refractivity contribution in [3.63, 3.8) is 0 Å². The fourth-order valence-electron chi connectivity index (χ4n) is 3.71. The summed E-state index contributed by atoms with van der Waals surface area (Å²) in [5.41, 5.74) is 0.281. The van der Waals surface area contributed by atoms with E-state index < -0.39 is 23.7 Å². The van der Waals surface area contributed by atoms with Crippen LogP contribution in [0.25, 0.3) is 0 Å². The van der Waals surface area contributed by atoms with Crippen molar-refractivity contribution >= 4 is 23.4 Å². The number of para-hydroxylation sites is 2. The minimum atomic E-state index is -0.481. The Morgan fingerprint density at radius 3 is 1.63 bits per heavy atom. The highest BCUT2D eigenvalue weighted by Gasteiger charge is 2.23. The lowest BCUT2D eigenvalue weighted by molar-refractivity contribution is 0.230. The molecule has 8 heteroatoms. The Balaban J connectivity index is 1.38. The Bertz CT molecular complexity index is 808. The van der Waals surface area contributed by atoms with Crippen molar-refractivity contribution in [1.29, 1.82) is 0 Å². The van der Waals surface area contributed by atoms with E-state index in [0.717, 1.165) is 25.7 Å². The molecule has 2 aromatic carbocycles. The van der Waals surface area contributed by atoms with Gasteiger partial charge in [-0.2, -0.15) is 0 Å². The van der Waals surface area contributed by atoms with Gasteiger partial charge in [0, 0.05) is 13.1 Å². The zero-order chi connectivity index (χ0) is 21.3. The lowest BCUT2D eigenvalue weighted by Gasteiger charge is -2.29. The summed E-state index contributed by atoms with van der Waals surface area (Å²) in [6, 6.07) is 11.1. The van der Waals surface area contributed by atoms with Crippen molar-refractivity contribution in [3.05, 3.63) is 60.2 Å². The highest BCUT2D eigenvalue weighted by atomic mass is 19.1. The Morgan fingerprint density at radius 2 is 1.20 bits per heavy atom. The molecule has 4 N–H and O–H groups in total. The first-order chi connectivity index (χ1) is 14.5. The molecule has 0 aromatic heterocycles. The van der Waals surface area contributed by atoms with Crippen LogP contribution < -0.4 is 21.3 Å². The fourth-order valence-corrected chi connectivity index (χ4v) is 3.71. The minimum Gasteiger partial charge on any atom is -0.338 e. The van der Waals surface area contributed by atoms with Gasteiger partial charge in [-0.3, -0.25) is 0 Å². The average Bonchev–Trinajstić information content (AvgIpc) is 2.74. The van der Waals surface area contributed by atoms with E-state index in [9.17, 15) is 18.4 Å². The third-order valence-electron chi connectivity index (χ3n) is 5.24. The normalized spacial score (nSPS) is 18.3. The number of hydrogen-bond acceptors (Lipinski definition) is 2. The van der Waals surface area contributed by atoms with Crippen LogP contribution in [0.5, 0.6) is 0 Å². The number of anilines is 2. The molecule has 0 aliphatic heterocycles. The van der Waals surface area contributed by atoms with Gasteiger partial charge in [0.05, 0.1) is 11.4 Å². The second-order valence-corrected chi connectivity index (χ2v) is 7.53. The van der Waals surface area contributed by atoms with Crippen LogP contribution in [0.1, 0.15) is 25.7 Å². The molecule has 1 saturated carbocycles. The zero-order valence-corrected chi connectivity index (χ0v) is 16.6. The van der Waals surface area contributed by atoms with E-state index in [4.69, 9.17) is 0 Å². The molecule has 0 spiro atoms. The van der Waals surface area contributed by atoms with E-state index in [1.165, 1.54) is 24.3 Å². The molecule has 0 bridgehead atoms. The fraction of sp³-hybridized carbons (Fsp3) is 0.364. The molecule has 1 aliphatic rings. The average molecular weight is 416 g/mol. The van der Waals surface area contributed by atoms with Crippen LogP contribution in [0.3, 0.4) is 0 Å². The number of carbonyl (C=O) groups is 2. The number of rotatable bonds is 6. The highest BCUT2D eigenvalue weighted by Crippen LogP contribution is 2.28. The molecule has 30 heavy (non-hydrogen) atoms. The van der Waals surface area contributed by atoms with Crippen LogP contribution in [0.4, 0.5) is 29.7 Å². The van der Waals surface area contributed by atoms with Crippen molar-refractivity contribution in [2.24, 2.45) is 11.8 Å². The molecule has 3 rings (SSSR count). The topological polar surface area (TPSA) is 82.3 Å². The molecular formula is C22H26F2N4O2. The smallest absolute Gasteiger partial charge is 0.319 e. The van der Waals surface area contributed by atoms with E-state index in [0.29, 0.717) is 13.1 Å². The van der Waals surface area contributed by atoms with Crippen LogP contribution in [-0.2, 0) is 0 Å². The summed E-state index contributed by atoms with van der Waals surface area (Å²) < 4.78 is 27.2. The van der Waals surface area contributed by atoms with Crippen LogP contribution >= 0.6 is 0 Å². The van der Waals surface area contributed by atoms with Crippen molar-refractivity contribution < 1.29 is 18.4 Å². The quantitative estimate of drug-likeness (QED) is 0.550. The maximum atomic E-state index is 13.6. The van der Waals surface area contributed by atoms with Gasteiger partial charge in [0.2, 0.25) is 0 Å². The number of nitrogens with one attached hydrogen (secondary N) is 4. The van der Waals surface area contributed by atoms with Gasteiger partial charge in [0.15, 0.2) is 0 Å². The van der Waals surface area contributed by atoms with Gasteiger partial charge < -0.3 is 21.3 Å².